The lowest BCUT2D eigenvalue weighted by molar-refractivity contribution is -0.115. The molecule has 0 saturated heterocycles. The van der Waals surface area contributed by atoms with Crippen LogP contribution in [0.4, 0.5) is 5.00 Å². The number of nitriles is 1. The van der Waals surface area contributed by atoms with Crippen LogP contribution in [0.3, 0.4) is 0 Å². The number of methoxy groups -OCH3 is 1. The molecule has 0 radical (unpaired) electrons. The number of amides is 1. The van der Waals surface area contributed by atoms with E-state index < -0.39 is 5.25 Å². The van der Waals surface area contributed by atoms with Gasteiger partial charge in [0.15, 0.2) is 0 Å². The highest BCUT2D eigenvalue weighted by molar-refractivity contribution is 8.00. The van der Waals surface area contributed by atoms with Crippen molar-refractivity contribution >= 4 is 34.0 Å². The van der Waals surface area contributed by atoms with Crippen molar-refractivity contribution in [2.24, 2.45) is 0 Å². The Labute approximate surface area is 164 Å². The lowest BCUT2D eigenvalue weighted by Crippen LogP contribution is -2.22. The van der Waals surface area contributed by atoms with Gasteiger partial charge in [-0.05, 0) is 53.4 Å². The molecule has 0 aliphatic rings. The number of aryl methyl sites for hydroxylation is 1. The Morgan fingerprint density at radius 2 is 2.26 bits per heavy atom. The van der Waals surface area contributed by atoms with Crippen LogP contribution in [0.1, 0.15) is 18.1 Å². The first-order valence-corrected chi connectivity index (χ1v) is 9.68. The van der Waals surface area contributed by atoms with Gasteiger partial charge in [-0.3, -0.25) is 4.79 Å². The van der Waals surface area contributed by atoms with Crippen molar-refractivity contribution in [2.75, 3.05) is 12.4 Å². The van der Waals surface area contributed by atoms with E-state index in [0.29, 0.717) is 27.2 Å². The zero-order valence-electron chi connectivity index (χ0n) is 14.8. The predicted octanol–water partition coefficient (Wildman–Crippen LogP) is 3.03. The van der Waals surface area contributed by atoms with Gasteiger partial charge in [0.1, 0.15) is 22.5 Å². The minimum atomic E-state index is -0.473. The maximum atomic E-state index is 12.5. The molecule has 8 nitrogen and oxygen atoms in total. The molecule has 2 aromatic heterocycles. The molecule has 10 heteroatoms. The van der Waals surface area contributed by atoms with Crippen LogP contribution in [0.15, 0.2) is 34.8 Å². The van der Waals surface area contributed by atoms with E-state index in [2.05, 4.69) is 26.9 Å². The second-order valence-corrected chi connectivity index (χ2v) is 7.80. The second kappa shape index (κ2) is 8.20. The summed E-state index contributed by atoms with van der Waals surface area (Å²) in [5.74, 6) is 0.397. The summed E-state index contributed by atoms with van der Waals surface area (Å²) in [5.41, 5.74) is 2.17. The molecular formula is C17H16N6O2S2. The Morgan fingerprint density at radius 3 is 3.00 bits per heavy atom. The van der Waals surface area contributed by atoms with E-state index in [0.717, 1.165) is 5.56 Å². The fourth-order valence-corrected chi connectivity index (χ4v) is 3.83. The molecule has 138 valence electrons. The van der Waals surface area contributed by atoms with E-state index in [9.17, 15) is 4.79 Å². The Hall–Kier alpha value is -2.90. The molecule has 3 rings (SSSR count). The zero-order valence-corrected chi connectivity index (χ0v) is 16.5. The van der Waals surface area contributed by atoms with Crippen molar-refractivity contribution in [3.05, 3.63) is 40.8 Å². The maximum Gasteiger partial charge on any atom is 0.238 e. The Bertz CT molecular complexity index is 1010. The Balaban J connectivity index is 1.80. The molecule has 1 N–H and O–H groups in total. The van der Waals surface area contributed by atoms with E-state index in [1.165, 1.54) is 23.1 Å². The number of thiophene rings is 1. The molecule has 0 saturated carbocycles. The number of carbonyl (C=O) groups is 1. The van der Waals surface area contributed by atoms with Crippen LogP contribution in [0, 0.1) is 18.3 Å². The number of aromatic nitrogens is 4. The van der Waals surface area contributed by atoms with Crippen molar-refractivity contribution in [3.63, 3.8) is 0 Å². The smallest absolute Gasteiger partial charge is 0.238 e. The van der Waals surface area contributed by atoms with Crippen molar-refractivity contribution in [3.8, 4) is 17.5 Å². The molecule has 2 heterocycles. The van der Waals surface area contributed by atoms with Gasteiger partial charge in [0.05, 0.1) is 17.9 Å². The molecule has 27 heavy (non-hydrogen) atoms. The quantitative estimate of drug-likeness (QED) is 0.634. The number of thioether (sulfide) groups is 1. The van der Waals surface area contributed by atoms with E-state index in [-0.39, 0.29) is 5.91 Å². The Kier molecular flexibility index (Phi) is 5.73. The number of rotatable bonds is 6. The van der Waals surface area contributed by atoms with Crippen LogP contribution in [0.5, 0.6) is 5.75 Å². The first kappa shape index (κ1) is 18.9. The number of nitrogens with one attached hydrogen (secondary N) is 1. The van der Waals surface area contributed by atoms with Gasteiger partial charge in [-0.2, -0.15) is 9.94 Å². The van der Waals surface area contributed by atoms with Gasteiger partial charge in [-0.25, -0.2) is 0 Å². The van der Waals surface area contributed by atoms with Gasteiger partial charge in [-0.1, -0.05) is 17.8 Å². The molecule has 0 fully saturated rings. The molecule has 0 spiro atoms. The summed E-state index contributed by atoms with van der Waals surface area (Å²) >= 11 is 2.53. The molecule has 0 bridgehead atoms. The zero-order chi connectivity index (χ0) is 19.4. The van der Waals surface area contributed by atoms with E-state index in [1.807, 2.05) is 25.1 Å². The van der Waals surface area contributed by atoms with Crippen molar-refractivity contribution in [1.82, 2.24) is 20.2 Å². The average molecular weight is 400 g/mol. The third-order valence-electron chi connectivity index (χ3n) is 3.68. The first-order chi connectivity index (χ1) is 13.0. The SMILES string of the molecule is COc1ccc(C)cc1-n1nnnc1S[C@H](C)C(=O)Nc1sccc1C#N. The number of nitrogens with zero attached hydrogens (tertiary/aromatic N) is 5. The summed E-state index contributed by atoms with van der Waals surface area (Å²) in [4.78, 5) is 12.5. The highest BCUT2D eigenvalue weighted by atomic mass is 32.2. The highest BCUT2D eigenvalue weighted by Gasteiger charge is 2.21. The second-order valence-electron chi connectivity index (χ2n) is 5.57. The minimum absolute atomic E-state index is 0.232. The molecular weight excluding hydrogens is 384 g/mol. The third kappa shape index (κ3) is 4.10. The number of hydrogen-bond donors (Lipinski definition) is 1. The number of benzene rings is 1. The number of carbonyl (C=O) groups excluding carboxylic acids is 1. The van der Waals surface area contributed by atoms with E-state index in [1.54, 1.807) is 30.2 Å². The van der Waals surface area contributed by atoms with Crippen molar-refractivity contribution in [1.29, 1.82) is 5.26 Å². The summed E-state index contributed by atoms with van der Waals surface area (Å²) in [6, 6.07) is 9.41. The van der Waals surface area contributed by atoms with Crippen LogP contribution in [0.2, 0.25) is 0 Å². The van der Waals surface area contributed by atoms with Crippen LogP contribution < -0.4 is 10.1 Å². The van der Waals surface area contributed by atoms with E-state index in [4.69, 9.17) is 10.00 Å². The molecule has 1 amide bonds. The predicted molar refractivity (Wildman–Crippen MR) is 103 cm³/mol. The number of ether oxygens (including phenoxy) is 1. The van der Waals surface area contributed by atoms with Crippen LogP contribution in [-0.2, 0) is 4.79 Å². The fraction of sp³-hybridized carbons (Fsp3) is 0.235. The van der Waals surface area contributed by atoms with Gasteiger partial charge >= 0.3 is 0 Å². The summed E-state index contributed by atoms with van der Waals surface area (Å²) in [5, 5.41) is 25.9. The van der Waals surface area contributed by atoms with Gasteiger partial charge in [0.25, 0.3) is 0 Å². The summed E-state index contributed by atoms with van der Waals surface area (Å²) < 4.78 is 6.94. The third-order valence-corrected chi connectivity index (χ3v) is 5.54. The summed E-state index contributed by atoms with van der Waals surface area (Å²) in [6.45, 7) is 3.72. The van der Waals surface area contributed by atoms with Crippen LogP contribution in [-0.4, -0.2) is 38.5 Å². The molecule has 0 aliphatic heterocycles. The first-order valence-electron chi connectivity index (χ1n) is 7.92. The van der Waals surface area contributed by atoms with Gasteiger partial charge < -0.3 is 10.1 Å². The van der Waals surface area contributed by atoms with Crippen molar-refractivity contribution in [2.45, 2.75) is 24.3 Å². The maximum absolute atomic E-state index is 12.5. The van der Waals surface area contributed by atoms with E-state index >= 15 is 0 Å². The molecule has 1 aromatic carbocycles. The van der Waals surface area contributed by atoms with Gasteiger partial charge in [-0.15, -0.1) is 16.4 Å². The standard InChI is InChI=1S/C17H16N6O2S2/c1-10-4-5-14(25-3)13(8-10)23-17(20-21-22-23)27-11(2)15(24)19-16-12(9-18)6-7-26-16/h4-8,11H,1-3H3,(H,19,24)/t11-/m1/s1. The molecule has 3 aromatic rings. The lowest BCUT2D eigenvalue weighted by atomic mass is 10.2. The molecule has 1 atom stereocenters. The summed E-state index contributed by atoms with van der Waals surface area (Å²) in [6.07, 6.45) is 0. The summed E-state index contributed by atoms with van der Waals surface area (Å²) in [7, 11) is 1.58. The van der Waals surface area contributed by atoms with Crippen LogP contribution in [0.25, 0.3) is 5.69 Å². The molecule has 0 aliphatic carbocycles. The van der Waals surface area contributed by atoms with Gasteiger partial charge in [0.2, 0.25) is 11.1 Å². The highest BCUT2D eigenvalue weighted by Crippen LogP contribution is 2.30. The minimum Gasteiger partial charge on any atom is -0.494 e. The number of tetrazole rings is 1. The average Bonchev–Trinajstić information content (AvgIpc) is 3.30. The number of anilines is 1. The molecule has 0 unspecified atom stereocenters. The van der Waals surface area contributed by atoms with Crippen LogP contribution >= 0.6 is 23.1 Å². The monoisotopic (exact) mass is 400 g/mol. The number of hydrogen-bond acceptors (Lipinski definition) is 8. The lowest BCUT2D eigenvalue weighted by Gasteiger charge is -2.13. The van der Waals surface area contributed by atoms with Crippen molar-refractivity contribution < 1.29 is 9.53 Å². The topological polar surface area (TPSA) is 106 Å². The largest absolute Gasteiger partial charge is 0.494 e. The fourth-order valence-electron chi connectivity index (χ4n) is 2.29. The normalized spacial score (nSPS) is 11.6. The van der Waals surface area contributed by atoms with Gasteiger partial charge in [0, 0.05) is 0 Å². The Morgan fingerprint density at radius 1 is 1.44 bits per heavy atom.